The van der Waals surface area contributed by atoms with Gasteiger partial charge in [-0.1, -0.05) is 74.5 Å². The fourth-order valence-corrected chi connectivity index (χ4v) is 3.47. The molecule has 0 heterocycles. The Labute approximate surface area is 173 Å². The van der Waals surface area contributed by atoms with Gasteiger partial charge in [-0.2, -0.15) is 0 Å². The summed E-state index contributed by atoms with van der Waals surface area (Å²) >= 11 is 0. The summed E-state index contributed by atoms with van der Waals surface area (Å²) in [6, 6.07) is 15.5. The minimum Gasteiger partial charge on any atom is -0.487 e. The average Bonchev–Trinajstić information content (AvgIpc) is 2.65. The van der Waals surface area contributed by atoms with Gasteiger partial charge in [0, 0.05) is 5.41 Å². The zero-order valence-electron chi connectivity index (χ0n) is 18.0. The standard InChI is InChI=1S/C25H31NO3/c1-16(2)19-11-13-21(14-12-19)25(6,7)23(18(5)26-24(27)28)29-22-10-8-9-20(15-22)17(3)4/h8-15,18,23,26H,1,3H2,2,4-7H3,(H,27,28). The monoisotopic (exact) mass is 393 g/mol. The molecule has 2 aromatic rings. The van der Waals surface area contributed by atoms with E-state index in [1.807, 2.05) is 57.2 Å². The minimum atomic E-state index is -1.07. The van der Waals surface area contributed by atoms with Crippen molar-refractivity contribution in [3.63, 3.8) is 0 Å². The average molecular weight is 394 g/mol. The smallest absolute Gasteiger partial charge is 0.404 e. The van der Waals surface area contributed by atoms with Gasteiger partial charge in [0.25, 0.3) is 0 Å². The molecule has 0 bridgehead atoms. The lowest BCUT2D eigenvalue weighted by Crippen LogP contribution is -2.52. The Hall–Kier alpha value is -3.01. The predicted molar refractivity (Wildman–Crippen MR) is 120 cm³/mol. The molecule has 0 saturated carbocycles. The Balaban J connectivity index is 2.42. The maximum Gasteiger partial charge on any atom is 0.404 e. The van der Waals surface area contributed by atoms with E-state index < -0.39 is 23.7 Å². The normalized spacial score (nSPS) is 13.3. The van der Waals surface area contributed by atoms with Crippen molar-refractivity contribution in [2.45, 2.75) is 52.2 Å². The third-order valence-electron chi connectivity index (χ3n) is 5.23. The van der Waals surface area contributed by atoms with E-state index in [9.17, 15) is 9.90 Å². The van der Waals surface area contributed by atoms with Gasteiger partial charge in [0.1, 0.15) is 11.9 Å². The summed E-state index contributed by atoms with van der Waals surface area (Å²) in [6.07, 6.45) is -1.51. The summed E-state index contributed by atoms with van der Waals surface area (Å²) < 4.78 is 6.38. The second-order valence-corrected chi connectivity index (χ2v) is 8.16. The van der Waals surface area contributed by atoms with Crippen molar-refractivity contribution in [3.8, 4) is 5.75 Å². The van der Waals surface area contributed by atoms with Crippen LogP contribution in [0.3, 0.4) is 0 Å². The van der Waals surface area contributed by atoms with Crippen LogP contribution in [0.1, 0.15) is 51.3 Å². The lowest BCUT2D eigenvalue weighted by atomic mass is 9.76. The molecule has 0 aliphatic carbocycles. The molecule has 0 aromatic heterocycles. The summed E-state index contributed by atoms with van der Waals surface area (Å²) in [5.74, 6) is 0.682. The molecule has 0 fully saturated rings. The number of carbonyl (C=O) groups is 1. The molecule has 2 unspecified atom stereocenters. The Morgan fingerprint density at radius 1 is 1.03 bits per heavy atom. The molecule has 4 heteroatoms. The van der Waals surface area contributed by atoms with E-state index >= 15 is 0 Å². The first-order valence-corrected chi connectivity index (χ1v) is 9.71. The molecule has 0 saturated heterocycles. The van der Waals surface area contributed by atoms with Gasteiger partial charge in [-0.3, -0.25) is 0 Å². The van der Waals surface area contributed by atoms with Gasteiger partial charge in [0.05, 0.1) is 6.04 Å². The first kappa shape index (κ1) is 22.3. The molecule has 2 N–H and O–H groups in total. The lowest BCUT2D eigenvalue weighted by molar-refractivity contribution is 0.0884. The number of hydrogen-bond acceptors (Lipinski definition) is 2. The molecule has 2 rings (SSSR count). The van der Waals surface area contributed by atoms with Gasteiger partial charge in [-0.15, -0.1) is 0 Å². The van der Waals surface area contributed by atoms with Crippen molar-refractivity contribution in [2.75, 3.05) is 0 Å². The first-order valence-electron chi connectivity index (χ1n) is 9.71. The third-order valence-corrected chi connectivity index (χ3v) is 5.23. The molecule has 0 aliphatic rings. The van der Waals surface area contributed by atoms with Crippen molar-refractivity contribution in [1.29, 1.82) is 0 Å². The fraction of sp³-hybridized carbons (Fsp3) is 0.320. The van der Waals surface area contributed by atoms with Crippen LogP contribution < -0.4 is 10.1 Å². The van der Waals surface area contributed by atoms with Gasteiger partial charge < -0.3 is 15.2 Å². The molecule has 2 aromatic carbocycles. The van der Waals surface area contributed by atoms with Crippen LogP contribution in [-0.4, -0.2) is 23.3 Å². The Kier molecular flexibility index (Phi) is 6.91. The minimum absolute atomic E-state index is 0.434. The molecule has 0 radical (unpaired) electrons. The third kappa shape index (κ3) is 5.50. The Morgan fingerprint density at radius 3 is 2.14 bits per heavy atom. The zero-order valence-corrected chi connectivity index (χ0v) is 18.0. The van der Waals surface area contributed by atoms with E-state index in [1.165, 1.54) is 0 Å². The second kappa shape index (κ2) is 8.99. The highest BCUT2D eigenvalue weighted by Gasteiger charge is 2.38. The van der Waals surface area contributed by atoms with Gasteiger partial charge in [0.2, 0.25) is 0 Å². The summed E-state index contributed by atoms with van der Waals surface area (Å²) in [5, 5.41) is 11.8. The second-order valence-electron chi connectivity index (χ2n) is 8.16. The largest absolute Gasteiger partial charge is 0.487 e. The summed E-state index contributed by atoms with van der Waals surface area (Å²) in [7, 11) is 0. The van der Waals surface area contributed by atoms with Crippen LogP contribution in [0.25, 0.3) is 11.1 Å². The van der Waals surface area contributed by atoms with Crippen LogP contribution in [0, 0.1) is 0 Å². The number of nitrogens with one attached hydrogen (secondary N) is 1. The van der Waals surface area contributed by atoms with Crippen molar-refractivity contribution >= 4 is 17.2 Å². The van der Waals surface area contributed by atoms with E-state index in [4.69, 9.17) is 4.74 Å². The van der Waals surface area contributed by atoms with E-state index in [-0.39, 0.29) is 0 Å². The highest BCUT2D eigenvalue weighted by Crippen LogP contribution is 2.33. The molecular formula is C25H31NO3. The van der Waals surface area contributed by atoms with Gasteiger partial charge in [-0.25, -0.2) is 4.79 Å². The molecule has 0 spiro atoms. The van der Waals surface area contributed by atoms with Crippen LogP contribution in [0.5, 0.6) is 5.75 Å². The quantitative estimate of drug-likeness (QED) is 0.567. The lowest BCUT2D eigenvalue weighted by Gasteiger charge is -2.38. The number of rotatable bonds is 8. The molecule has 2 atom stereocenters. The Bertz CT molecular complexity index is 897. The van der Waals surface area contributed by atoms with Crippen LogP contribution >= 0.6 is 0 Å². The predicted octanol–water partition coefficient (Wildman–Crippen LogP) is 6.13. The summed E-state index contributed by atoms with van der Waals surface area (Å²) in [5.41, 5.74) is 4.60. The Morgan fingerprint density at radius 2 is 1.62 bits per heavy atom. The molecule has 1 amide bonds. The zero-order chi connectivity index (χ0) is 21.8. The summed E-state index contributed by atoms with van der Waals surface area (Å²) in [6.45, 7) is 17.8. The van der Waals surface area contributed by atoms with E-state index in [1.54, 1.807) is 0 Å². The van der Waals surface area contributed by atoms with Crippen LogP contribution in [-0.2, 0) is 5.41 Å². The SMILES string of the molecule is C=C(C)c1ccc(C(C)(C)C(Oc2cccc(C(=C)C)c2)C(C)NC(=O)O)cc1. The number of amides is 1. The van der Waals surface area contributed by atoms with Crippen molar-refractivity contribution in [1.82, 2.24) is 5.32 Å². The van der Waals surface area contributed by atoms with Crippen LogP contribution in [0.4, 0.5) is 4.79 Å². The van der Waals surface area contributed by atoms with Crippen LogP contribution in [0.15, 0.2) is 61.7 Å². The van der Waals surface area contributed by atoms with Crippen molar-refractivity contribution < 1.29 is 14.6 Å². The molecule has 29 heavy (non-hydrogen) atoms. The molecule has 0 aliphatic heterocycles. The number of benzene rings is 2. The molecule has 4 nitrogen and oxygen atoms in total. The maximum atomic E-state index is 11.3. The highest BCUT2D eigenvalue weighted by molar-refractivity contribution is 5.65. The highest BCUT2D eigenvalue weighted by atomic mass is 16.5. The number of carboxylic acid groups (broad SMARTS) is 1. The molecular weight excluding hydrogens is 362 g/mol. The van der Waals surface area contributed by atoms with Gasteiger partial charge >= 0.3 is 6.09 Å². The van der Waals surface area contributed by atoms with Crippen molar-refractivity contribution in [3.05, 3.63) is 78.4 Å². The molecule has 154 valence electrons. The van der Waals surface area contributed by atoms with Crippen LogP contribution in [0.2, 0.25) is 0 Å². The van der Waals surface area contributed by atoms with Gasteiger partial charge in [0.15, 0.2) is 0 Å². The number of ether oxygens (including phenoxy) is 1. The number of hydrogen-bond donors (Lipinski definition) is 2. The van der Waals surface area contributed by atoms with Gasteiger partial charge in [-0.05, 0) is 49.6 Å². The van der Waals surface area contributed by atoms with E-state index in [2.05, 4.69) is 44.5 Å². The maximum absolute atomic E-state index is 11.3. The van der Waals surface area contributed by atoms with E-state index in [0.717, 1.165) is 27.8 Å². The van der Waals surface area contributed by atoms with E-state index in [0.29, 0.717) is 5.75 Å². The number of allylic oxidation sites excluding steroid dienone is 2. The van der Waals surface area contributed by atoms with Crippen molar-refractivity contribution in [2.24, 2.45) is 0 Å². The topological polar surface area (TPSA) is 58.6 Å². The first-order chi connectivity index (χ1) is 13.5. The fourth-order valence-electron chi connectivity index (χ4n) is 3.47. The summed E-state index contributed by atoms with van der Waals surface area (Å²) in [4.78, 5) is 11.3.